The van der Waals surface area contributed by atoms with Crippen LogP contribution in [0.3, 0.4) is 0 Å². The van der Waals surface area contributed by atoms with Crippen LogP contribution in [0.2, 0.25) is 0 Å². The first kappa shape index (κ1) is 15.6. The topological polar surface area (TPSA) is 50.8 Å². The second kappa shape index (κ2) is 7.26. The van der Waals surface area contributed by atoms with Crippen LogP contribution in [0.15, 0.2) is 18.2 Å². The van der Waals surface area contributed by atoms with Crippen molar-refractivity contribution < 1.29 is 18.7 Å². The summed E-state index contributed by atoms with van der Waals surface area (Å²) in [5, 5.41) is 2.91. The molecule has 0 saturated carbocycles. The number of nitrogens with zero attached hydrogens (tertiary/aromatic N) is 1. The summed E-state index contributed by atoms with van der Waals surface area (Å²) < 4.78 is 24.5. The summed E-state index contributed by atoms with van der Waals surface area (Å²) in [4.78, 5) is 13.1. The molecule has 2 rings (SSSR count). The lowest BCUT2D eigenvalue weighted by atomic mass is 10.2. The highest BCUT2D eigenvalue weighted by atomic mass is 19.1. The van der Waals surface area contributed by atoms with Gasteiger partial charge >= 0.3 is 0 Å². The molecule has 0 radical (unpaired) electrons. The summed E-state index contributed by atoms with van der Waals surface area (Å²) in [5.74, 6) is 0.0575. The molecule has 0 bridgehead atoms. The minimum atomic E-state index is -0.376. The van der Waals surface area contributed by atoms with Crippen molar-refractivity contribution in [2.24, 2.45) is 0 Å². The minimum absolute atomic E-state index is 0.0892. The molecule has 1 aromatic carbocycles. The Hall–Kier alpha value is -1.82. The standard InChI is InChI=1S/C15H21FN2O3/c1-18(2)15(19)9-17-13-8-11(16)5-6-14(13)21-10-12-4-3-7-20-12/h5-6,8,12,17H,3-4,7,9-10H2,1-2H3/t12-/m1/s1. The first-order chi connectivity index (χ1) is 10.1. The van der Waals surface area contributed by atoms with Crippen molar-refractivity contribution in [3.63, 3.8) is 0 Å². The van der Waals surface area contributed by atoms with Gasteiger partial charge in [0.15, 0.2) is 0 Å². The molecule has 6 heteroatoms. The molecule has 116 valence electrons. The number of likely N-dealkylation sites (N-methyl/N-ethyl adjacent to an activating group) is 1. The van der Waals surface area contributed by atoms with E-state index in [1.165, 1.54) is 17.0 Å². The molecular formula is C15H21FN2O3. The maximum atomic E-state index is 13.4. The van der Waals surface area contributed by atoms with E-state index in [2.05, 4.69) is 5.32 Å². The second-order valence-corrected chi connectivity index (χ2v) is 5.23. The monoisotopic (exact) mass is 296 g/mol. The van der Waals surface area contributed by atoms with Gasteiger partial charge in [-0.05, 0) is 25.0 Å². The average molecular weight is 296 g/mol. The molecule has 0 spiro atoms. The Morgan fingerprint density at radius 1 is 1.52 bits per heavy atom. The van der Waals surface area contributed by atoms with E-state index in [4.69, 9.17) is 9.47 Å². The first-order valence-corrected chi connectivity index (χ1v) is 7.04. The van der Waals surface area contributed by atoms with Gasteiger partial charge in [-0.15, -0.1) is 0 Å². The maximum Gasteiger partial charge on any atom is 0.241 e. The summed E-state index contributed by atoms with van der Waals surface area (Å²) in [5.41, 5.74) is 0.475. The molecule has 1 atom stereocenters. The number of hydrogen-bond acceptors (Lipinski definition) is 4. The van der Waals surface area contributed by atoms with Crippen molar-refractivity contribution in [3.05, 3.63) is 24.0 Å². The lowest BCUT2D eigenvalue weighted by Crippen LogP contribution is -2.28. The summed E-state index contributed by atoms with van der Waals surface area (Å²) >= 11 is 0. The van der Waals surface area contributed by atoms with Gasteiger partial charge in [-0.2, -0.15) is 0 Å². The van der Waals surface area contributed by atoms with Crippen molar-refractivity contribution in [2.75, 3.05) is 39.2 Å². The van der Waals surface area contributed by atoms with Gasteiger partial charge in [0.25, 0.3) is 0 Å². The van der Waals surface area contributed by atoms with E-state index in [0.29, 0.717) is 18.0 Å². The zero-order chi connectivity index (χ0) is 15.2. The summed E-state index contributed by atoms with van der Waals surface area (Å²) in [6, 6.07) is 4.23. The van der Waals surface area contributed by atoms with E-state index in [1.54, 1.807) is 20.2 Å². The van der Waals surface area contributed by atoms with Gasteiger partial charge in [-0.25, -0.2) is 4.39 Å². The van der Waals surface area contributed by atoms with E-state index in [1.807, 2.05) is 0 Å². The second-order valence-electron chi connectivity index (χ2n) is 5.23. The molecule has 5 nitrogen and oxygen atoms in total. The Bertz CT molecular complexity index is 488. The third-order valence-electron chi connectivity index (χ3n) is 3.32. The van der Waals surface area contributed by atoms with Crippen molar-refractivity contribution in [1.82, 2.24) is 4.90 Å². The summed E-state index contributed by atoms with van der Waals surface area (Å²) in [7, 11) is 3.34. The number of hydrogen-bond donors (Lipinski definition) is 1. The van der Waals surface area contributed by atoms with Crippen molar-refractivity contribution in [3.8, 4) is 5.75 Å². The normalized spacial score (nSPS) is 17.6. The molecule has 0 aliphatic carbocycles. The number of amides is 1. The lowest BCUT2D eigenvalue weighted by molar-refractivity contribution is -0.126. The van der Waals surface area contributed by atoms with Crippen LogP contribution in [-0.4, -0.2) is 50.8 Å². The van der Waals surface area contributed by atoms with Crippen molar-refractivity contribution >= 4 is 11.6 Å². The Labute approximate surface area is 124 Å². The predicted molar refractivity (Wildman–Crippen MR) is 78.1 cm³/mol. The molecule has 1 N–H and O–H groups in total. The molecule has 0 unspecified atom stereocenters. The summed E-state index contributed by atoms with van der Waals surface area (Å²) in [6.07, 6.45) is 2.11. The van der Waals surface area contributed by atoms with Crippen LogP contribution < -0.4 is 10.1 Å². The Balaban J connectivity index is 1.97. The molecule has 0 aromatic heterocycles. The van der Waals surface area contributed by atoms with E-state index in [9.17, 15) is 9.18 Å². The Morgan fingerprint density at radius 2 is 2.33 bits per heavy atom. The third kappa shape index (κ3) is 4.60. The molecule has 1 saturated heterocycles. The van der Waals surface area contributed by atoms with Crippen LogP contribution in [0.1, 0.15) is 12.8 Å². The molecule has 21 heavy (non-hydrogen) atoms. The zero-order valence-electron chi connectivity index (χ0n) is 12.4. The minimum Gasteiger partial charge on any atom is -0.489 e. The molecule has 1 amide bonds. The fourth-order valence-corrected chi connectivity index (χ4v) is 2.05. The average Bonchev–Trinajstić information content (AvgIpc) is 2.96. The highest BCUT2D eigenvalue weighted by Gasteiger charge is 2.17. The fraction of sp³-hybridized carbons (Fsp3) is 0.533. The maximum absolute atomic E-state index is 13.4. The van der Waals surface area contributed by atoms with Crippen LogP contribution in [0.4, 0.5) is 10.1 Å². The number of ether oxygens (including phenoxy) is 2. The molecule has 1 aliphatic rings. The van der Waals surface area contributed by atoms with E-state index in [0.717, 1.165) is 19.4 Å². The third-order valence-corrected chi connectivity index (χ3v) is 3.32. The quantitative estimate of drug-likeness (QED) is 0.871. The zero-order valence-corrected chi connectivity index (χ0v) is 12.4. The van der Waals surface area contributed by atoms with Gasteiger partial charge in [0.1, 0.15) is 18.2 Å². The number of carbonyl (C=O) groups excluding carboxylic acids is 1. The van der Waals surface area contributed by atoms with E-state index in [-0.39, 0.29) is 24.4 Å². The highest BCUT2D eigenvalue weighted by Crippen LogP contribution is 2.26. The first-order valence-electron chi connectivity index (χ1n) is 7.04. The number of carbonyl (C=O) groups is 1. The SMILES string of the molecule is CN(C)C(=O)CNc1cc(F)ccc1OC[C@H]1CCCO1. The number of rotatable bonds is 6. The molecule has 1 fully saturated rings. The van der Waals surface area contributed by atoms with Gasteiger partial charge in [-0.3, -0.25) is 4.79 Å². The van der Waals surface area contributed by atoms with Gasteiger partial charge in [-0.1, -0.05) is 0 Å². The summed E-state index contributed by atoms with van der Waals surface area (Å²) in [6.45, 7) is 1.29. The van der Waals surface area contributed by atoms with Gasteiger partial charge in [0.05, 0.1) is 18.3 Å². The largest absolute Gasteiger partial charge is 0.489 e. The molecule has 1 aliphatic heterocycles. The number of halogens is 1. The smallest absolute Gasteiger partial charge is 0.241 e. The number of benzene rings is 1. The molecular weight excluding hydrogens is 275 g/mol. The van der Waals surface area contributed by atoms with Crippen LogP contribution in [0.5, 0.6) is 5.75 Å². The van der Waals surface area contributed by atoms with Crippen LogP contribution in [0, 0.1) is 5.82 Å². The van der Waals surface area contributed by atoms with Gasteiger partial charge in [0.2, 0.25) is 5.91 Å². The fourth-order valence-electron chi connectivity index (χ4n) is 2.05. The molecule has 1 heterocycles. The van der Waals surface area contributed by atoms with E-state index >= 15 is 0 Å². The van der Waals surface area contributed by atoms with E-state index < -0.39 is 0 Å². The number of nitrogens with one attached hydrogen (secondary N) is 1. The van der Waals surface area contributed by atoms with Gasteiger partial charge < -0.3 is 19.7 Å². The van der Waals surface area contributed by atoms with Crippen molar-refractivity contribution in [2.45, 2.75) is 18.9 Å². The van der Waals surface area contributed by atoms with Crippen LogP contribution in [0.25, 0.3) is 0 Å². The number of anilines is 1. The van der Waals surface area contributed by atoms with Gasteiger partial charge in [0, 0.05) is 26.8 Å². The molecule has 1 aromatic rings. The predicted octanol–water partition coefficient (Wildman–Crippen LogP) is 1.88. The Kier molecular flexibility index (Phi) is 5.38. The van der Waals surface area contributed by atoms with Crippen LogP contribution >= 0.6 is 0 Å². The van der Waals surface area contributed by atoms with Crippen LogP contribution in [-0.2, 0) is 9.53 Å². The Morgan fingerprint density at radius 3 is 3.00 bits per heavy atom. The lowest BCUT2D eigenvalue weighted by Gasteiger charge is -2.17. The highest BCUT2D eigenvalue weighted by molar-refractivity contribution is 5.80. The van der Waals surface area contributed by atoms with Crippen molar-refractivity contribution in [1.29, 1.82) is 0 Å².